The van der Waals surface area contributed by atoms with Crippen LogP contribution < -0.4 is 9.47 Å². The van der Waals surface area contributed by atoms with E-state index in [-0.39, 0.29) is 5.97 Å². The molecule has 0 radical (unpaired) electrons. The highest BCUT2D eigenvalue weighted by atomic mass is 16.5. The minimum atomic E-state index is -0.341. The lowest BCUT2D eigenvalue weighted by Gasteiger charge is -2.10. The molecule has 0 aromatic heterocycles. The van der Waals surface area contributed by atoms with Crippen LogP contribution in [0.15, 0.2) is 85.5 Å². The second-order valence-corrected chi connectivity index (χ2v) is 8.81. The Morgan fingerprint density at radius 3 is 2.00 bits per heavy atom. The molecule has 0 N–H and O–H groups in total. The standard InChI is InChI=1S/C32H35NO4/c1-2-32(34)36-23-11-7-5-3-4-6-10-22-35-30-20-18-28(19-21-30)27-16-14-26(15-17-27)25-37-31-13-9-8-12-29(31)24-33/h2,8-9,12-21H,1,3-7,10-11,22-23,25H2. The second kappa shape index (κ2) is 15.9. The molecule has 3 aromatic rings. The maximum atomic E-state index is 11.0. The maximum Gasteiger partial charge on any atom is 0.330 e. The van der Waals surface area contributed by atoms with Crippen LogP contribution in [-0.4, -0.2) is 19.2 Å². The lowest BCUT2D eigenvalue weighted by Crippen LogP contribution is -2.01. The van der Waals surface area contributed by atoms with E-state index in [9.17, 15) is 10.1 Å². The first-order chi connectivity index (χ1) is 18.2. The Kier molecular flexibility index (Phi) is 11.8. The lowest BCUT2D eigenvalue weighted by molar-refractivity contribution is -0.137. The zero-order valence-electron chi connectivity index (χ0n) is 21.4. The average molecular weight is 498 g/mol. The number of para-hydroxylation sites is 1. The molecule has 3 rings (SSSR count). The molecule has 5 heteroatoms. The Morgan fingerprint density at radius 2 is 1.35 bits per heavy atom. The van der Waals surface area contributed by atoms with Gasteiger partial charge in [0.15, 0.2) is 0 Å². The predicted octanol–water partition coefficient (Wildman–Crippen LogP) is 7.64. The van der Waals surface area contributed by atoms with Gasteiger partial charge in [0, 0.05) is 6.08 Å². The van der Waals surface area contributed by atoms with E-state index in [2.05, 4.69) is 36.9 Å². The van der Waals surface area contributed by atoms with E-state index in [1.54, 1.807) is 6.07 Å². The van der Waals surface area contributed by atoms with Crippen LogP contribution in [0.2, 0.25) is 0 Å². The van der Waals surface area contributed by atoms with E-state index in [1.807, 2.05) is 42.5 Å². The fourth-order valence-corrected chi connectivity index (χ4v) is 3.89. The molecule has 0 spiro atoms. The first-order valence-electron chi connectivity index (χ1n) is 12.9. The third-order valence-electron chi connectivity index (χ3n) is 6.01. The van der Waals surface area contributed by atoms with E-state index in [1.165, 1.54) is 18.9 Å². The molecular formula is C32H35NO4. The van der Waals surface area contributed by atoms with Crippen molar-refractivity contribution in [2.45, 2.75) is 51.6 Å². The van der Waals surface area contributed by atoms with Crippen LogP contribution in [-0.2, 0) is 16.1 Å². The topological polar surface area (TPSA) is 68.6 Å². The van der Waals surface area contributed by atoms with Crippen molar-refractivity contribution in [3.63, 3.8) is 0 Å². The van der Waals surface area contributed by atoms with Gasteiger partial charge in [0.2, 0.25) is 0 Å². The highest BCUT2D eigenvalue weighted by Gasteiger charge is 2.04. The molecule has 0 saturated carbocycles. The summed E-state index contributed by atoms with van der Waals surface area (Å²) >= 11 is 0. The first kappa shape index (κ1) is 27.5. The van der Waals surface area contributed by atoms with Crippen LogP contribution in [0, 0.1) is 11.3 Å². The average Bonchev–Trinajstić information content (AvgIpc) is 2.95. The van der Waals surface area contributed by atoms with Crippen LogP contribution in [0.4, 0.5) is 0 Å². The maximum absolute atomic E-state index is 11.0. The Hall–Kier alpha value is -4.04. The molecule has 0 aliphatic rings. The van der Waals surface area contributed by atoms with Crippen molar-refractivity contribution in [1.29, 1.82) is 5.26 Å². The van der Waals surface area contributed by atoms with Crippen LogP contribution in [0.25, 0.3) is 11.1 Å². The fourth-order valence-electron chi connectivity index (χ4n) is 3.89. The number of carbonyl (C=O) groups excluding carboxylic acids is 1. The SMILES string of the molecule is C=CC(=O)OCCCCCCCCCOc1ccc(-c2ccc(COc3ccccc3C#N)cc2)cc1. The van der Waals surface area contributed by atoms with Gasteiger partial charge >= 0.3 is 5.97 Å². The van der Waals surface area contributed by atoms with Gasteiger partial charge < -0.3 is 14.2 Å². The summed E-state index contributed by atoms with van der Waals surface area (Å²) in [7, 11) is 0. The zero-order valence-corrected chi connectivity index (χ0v) is 21.4. The Bertz CT molecular complexity index is 1150. The number of hydrogen-bond donors (Lipinski definition) is 0. The van der Waals surface area contributed by atoms with Gasteiger partial charge in [0.25, 0.3) is 0 Å². The van der Waals surface area contributed by atoms with Crippen molar-refractivity contribution in [2.75, 3.05) is 13.2 Å². The summed E-state index contributed by atoms with van der Waals surface area (Å²) in [6.45, 7) is 5.01. The molecule has 0 saturated heterocycles. The highest BCUT2D eigenvalue weighted by molar-refractivity contribution is 5.81. The smallest absolute Gasteiger partial charge is 0.330 e. The van der Waals surface area contributed by atoms with E-state index < -0.39 is 0 Å². The molecule has 0 heterocycles. The summed E-state index contributed by atoms with van der Waals surface area (Å²) in [5.74, 6) is 1.15. The van der Waals surface area contributed by atoms with Crippen molar-refractivity contribution in [2.24, 2.45) is 0 Å². The van der Waals surface area contributed by atoms with Gasteiger partial charge in [-0.15, -0.1) is 0 Å². The molecule has 5 nitrogen and oxygen atoms in total. The summed E-state index contributed by atoms with van der Waals surface area (Å²) in [6.07, 6.45) is 8.95. The third-order valence-corrected chi connectivity index (χ3v) is 6.01. The number of ether oxygens (including phenoxy) is 3. The molecule has 3 aromatic carbocycles. The zero-order chi connectivity index (χ0) is 26.1. The normalized spacial score (nSPS) is 10.4. The Balaban J connectivity index is 1.30. The van der Waals surface area contributed by atoms with Crippen molar-refractivity contribution in [3.05, 3.63) is 96.6 Å². The van der Waals surface area contributed by atoms with Crippen LogP contribution in [0.3, 0.4) is 0 Å². The summed E-state index contributed by atoms with van der Waals surface area (Å²) < 4.78 is 16.7. The lowest BCUT2D eigenvalue weighted by atomic mass is 10.0. The molecule has 0 aliphatic heterocycles. The first-order valence-corrected chi connectivity index (χ1v) is 12.9. The highest BCUT2D eigenvalue weighted by Crippen LogP contribution is 2.24. The number of esters is 1. The van der Waals surface area contributed by atoms with E-state index in [0.717, 1.165) is 61.2 Å². The number of nitrogens with zero attached hydrogens (tertiary/aromatic N) is 1. The molecule has 192 valence electrons. The van der Waals surface area contributed by atoms with Crippen LogP contribution in [0.5, 0.6) is 11.5 Å². The second-order valence-electron chi connectivity index (χ2n) is 8.81. The number of hydrogen-bond acceptors (Lipinski definition) is 5. The molecule has 0 bridgehead atoms. The summed E-state index contributed by atoms with van der Waals surface area (Å²) in [6, 6.07) is 25.9. The number of carbonyl (C=O) groups is 1. The molecule has 0 aliphatic carbocycles. The minimum absolute atomic E-state index is 0.341. The molecule has 0 atom stereocenters. The quantitative estimate of drug-likeness (QED) is 0.116. The number of rotatable bonds is 16. The van der Waals surface area contributed by atoms with Crippen molar-refractivity contribution < 1.29 is 19.0 Å². The predicted molar refractivity (Wildman–Crippen MR) is 146 cm³/mol. The number of unbranched alkanes of at least 4 members (excludes halogenated alkanes) is 6. The van der Waals surface area contributed by atoms with Gasteiger partial charge in [0.05, 0.1) is 18.8 Å². The van der Waals surface area contributed by atoms with Gasteiger partial charge in [-0.25, -0.2) is 4.79 Å². The van der Waals surface area contributed by atoms with Crippen molar-refractivity contribution in [1.82, 2.24) is 0 Å². The number of benzene rings is 3. The van der Waals surface area contributed by atoms with Gasteiger partial charge in [-0.2, -0.15) is 5.26 Å². The van der Waals surface area contributed by atoms with Crippen LogP contribution in [0.1, 0.15) is 56.1 Å². The third kappa shape index (κ3) is 9.85. The van der Waals surface area contributed by atoms with E-state index in [4.69, 9.17) is 14.2 Å². The summed E-state index contributed by atoms with van der Waals surface area (Å²) in [5, 5.41) is 9.19. The molecule has 0 amide bonds. The van der Waals surface area contributed by atoms with Gasteiger partial charge in [-0.3, -0.25) is 0 Å². The monoisotopic (exact) mass is 497 g/mol. The van der Waals surface area contributed by atoms with E-state index >= 15 is 0 Å². The summed E-state index contributed by atoms with van der Waals surface area (Å²) in [4.78, 5) is 11.0. The molecule has 0 fully saturated rings. The van der Waals surface area contributed by atoms with Gasteiger partial charge in [-0.1, -0.05) is 87.2 Å². The largest absolute Gasteiger partial charge is 0.494 e. The van der Waals surface area contributed by atoms with Gasteiger partial charge in [-0.05, 0) is 53.8 Å². The molecule has 37 heavy (non-hydrogen) atoms. The molecular weight excluding hydrogens is 462 g/mol. The molecule has 0 unspecified atom stereocenters. The number of nitriles is 1. The summed E-state index contributed by atoms with van der Waals surface area (Å²) in [5.41, 5.74) is 3.85. The Morgan fingerprint density at radius 1 is 0.757 bits per heavy atom. The van der Waals surface area contributed by atoms with Crippen LogP contribution >= 0.6 is 0 Å². The van der Waals surface area contributed by atoms with E-state index in [0.29, 0.717) is 24.5 Å². The van der Waals surface area contributed by atoms with Crippen molar-refractivity contribution >= 4 is 5.97 Å². The van der Waals surface area contributed by atoms with Crippen molar-refractivity contribution in [3.8, 4) is 28.7 Å². The van der Waals surface area contributed by atoms with Gasteiger partial charge in [0.1, 0.15) is 24.2 Å². The Labute approximate surface area is 220 Å². The minimum Gasteiger partial charge on any atom is -0.494 e. The fraction of sp³-hybridized carbons (Fsp3) is 0.312.